The van der Waals surface area contributed by atoms with E-state index in [0.29, 0.717) is 6.04 Å². The molecule has 0 aliphatic heterocycles. The molecular weight excluding hydrogens is 258 g/mol. The van der Waals surface area contributed by atoms with Crippen molar-refractivity contribution in [2.45, 2.75) is 46.2 Å². The molecule has 0 bridgehead atoms. The van der Waals surface area contributed by atoms with Crippen LogP contribution in [0.4, 0.5) is 5.82 Å². The summed E-state index contributed by atoms with van der Waals surface area (Å²) in [6.45, 7) is 8.47. The molecule has 1 aromatic heterocycles. The van der Waals surface area contributed by atoms with E-state index >= 15 is 0 Å². The lowest BCUT2D eigenvalue weighted by atomic mass is 10.1. The Morgan fingerprint density at radius 1 is 1.14 bits per heavy atom. The Balaban J connectivity index is 2.33. The molecule has 21 heavy (non-hydrogen) atoms. The zero-order valence-corrected chi connectivity index (χ0v) is 13.7. The van der Waals surface area contributed by atoms with Gasteiger partial charge in [0.25, 0.3) is 0 Å². The van der Waals surface area contributed by atoms with Gasteiger partial charge >= 0.3 is 0 Å². The lowest BCUT2D eigenvalue weighted by Crippen LogP contribution is -2.30. The fourth-order valence-electron chi connectivity index (χ4n) is 2.91. The Bertz CT molecular complexity index is 576. The van der Waals surface area contributed by atoms with Gasteiger partial charge < -0.3 is 5.32 Å². The molecule has 0 aliphatic rings. The van der Waals surface area contributed by atoms with Crippen molar-refractivity contribution in [1.82, 2.24) is 9.88 Å². The second-order valence-corrected chi connectivity index (χ2v) is 5.60. The fraction of sp³-hybridized carbons (Fsp3) is 0.500. The van der Waals surface area contributed by atoms with Gasteiger partial charge in [-0.05, 0) is 38.9 Å². The maximum atomic E-state index is 4.79. The van der Waals surface area contributed by atoms with Crippen molar-refractivity contribution < 1.29 is 0 Å². The molecule has 3 nitrogen and oxygen atoms in total. The van der Waals surface area contributed by atoms with E-state index in [1.54, 1.807) is 0 Å². The third-order valence-electron chi connectivity index (χ3n) is 4.13. The molecule has 0 saturated carbocycles. The molecule has 1 aromatic carbocycles. The van der Waals surface area contributed by atoms with Crippen LogP contribution in [0.25, 0.3) is 10.9 Å². The topological polar surface area (TPSA) is 28.2 Å². The Hall–Kier alpha value is -1.61. The number of benzene rings is 1. The van der Waals surface area contributed by atoms with E-state index in [2.05, 4.69) is 62.3 Å². The lowest BCUT2D eigenvalue weighted by Gasteiger charge is -2.27. The van der Waals surface area contributed by atoms with Gasteiger partial charge in [0, 0.05) is 30.1 Å². The number of rotatable bonds is 7. The third kappa shape index (κ3) is 3.73. The Labute approximate surface area is 128 Å². The third-order valence-corrected chi connectivity index (χ3v) is 4.13. The number of hydrogen-bond acceptors (Lipinski definition) is 3. The maximum Gasteiger partial charge on any atom is 0.131 e. The molecule has 2 rings (SSSR count). The van der Waals surface area contributed by atoms with Gasteiger partial charge in [-0.1, -0.05) is 32.0 Å². The molecular formula is C18H27N3. The number of aromatic nitrogens is 1. The highest BCUT2D eigenvalue weighted by Gasteiger charge is 2.14. The molecule has 0 amide bonds. The van der Waals surface area contributed by atoms with Crippen LogP contribution in [-0.2, 0) is 6.54 Å². The SMILES string of the molecule is CCNc1nc2ccccc2cc1CN(C)C(CC)CC. The molecule has 3 heteroatoms. The first-order valence-corrected chi connectivity index (χ1v) is 8.02. The van der Waals surface area contributed by atoms with Gasteiger partial charge in [-0.25, -0.2) is 4.98 Å². The van der Waals surface area contributed by atoms with Crippen LogP contribution >= 0.6 is 0 Å². The van der Waals surface area contributed by atoms with Gasteiger partial charge in [-0.2, -0.15) is 0 Å². The van der Waals surface area contributed by atoms with Crippen molar-refractivity contribution in [2.75, 3.05) is 18.9 Å². The standard InChI is InChI=1S/C18H27N3/c1-5-16(6-2)21(4)13-15-12-14-10-8-9-11-17(14)20-18(15)19-7-3/h8-12,16H,5-7,13H2,1-4H3,(H,19,20). The number of fused-ring (bicyclic) bond motifs is 1. The summed E-state index contributed by atoms with van der Waals surface area (Å²) >= 11 is 0. The predicted molar refractivity (Wildman–Crippen MR) is 91.7 cm³/mol. The van der Waals surface area contributed by atoms with Gasteiger partial charge in [0.05, 0.1) is 5.52 Å². The van der Waals surface area contributed by atoms with E-state index in [-0.39, 0.29) is 0 Å². The summed E-state index contributed by atoms with van der Waals surface area (Å²) in [7, 11) is 2.21. The second kappa shape index (κ2) is 7.41. The summed E-state index contributed by atoms with van der Waals surface area (Å²) in [5.74, 6) is 1.02. The van der Waals surface area contributed by atoms with E-state index in [0.717, 1.165) is 24.4 Å². The number of anilines is 1. The number of nitrogens with zero attached hydrogens (tertiary/aromatic N) is 2. The van der Waals surface area contributed by atoms with Crippen LogP contribution in [0.5, 0.6) is 0 Å². The summed E-state index contributed by atoms with van der Waals surface area (Å²) in [5.41, 5.74) is 2.34. The number of hydrogen-bond donors (Lipinski definition) is 1. The smallest absolute Gasteiger partial charge is 0.131 e. The van der Waals surface area contributed by atoms with Gasteiger partial charge in [0.2, 0.25) is 0 Å². The Morgan fingerprint density at radius 3 is 2.52 bits per heavy atom. The minimum atomic E-state index is 0.631. The molecule has 1 N–H and O–H groups in total. The highest BCUT2D eigenvalue weighted by molar-refractivity contribution is 5.81. The van der Waals surface area contributed by atoms with Gasteiger partial charge in [0.15, 0.2) is 0 Å². The number of nitrogens with one attached hydrogen (secondary N) is 1. The first-order valence-electron chi connectivity index (χ1n) is 8.02. The average Bonchev–Trinajstić information content (AvgIpc) is 2.49. The highest BCUT2D eigenvalue weighted by atomic mass is 15.1. The average molecular weight is 285 g/mol. The van der Waals surface area contributed by atoms with Crippen molar-refractivity contribution in [3.05, 3.63) is 35.9 Å². The summed E-state index contributed by atoms with van der Waals surface area (Å²) < 4.78 is 0. The van der Waals surface area contributed by atoms with Crippen molar-refractivity contribution in [3.8, 4) is 0 Å². The molecule has 0 aliphatic carbocycles. The van der Waals surface area contributed by atoms with Crippen molar-refractivity contribution in [3.63, 3.8) is 0 Å². The summed E-state index contributed by atoms with van der Waals surface area (Å²) in [6.07, 6.45) is 2.37. The van der Waals surface area contributed by atoms with Crippen LogP contribution in [0, 0.1) is 0 Å². The molecule has 0 fully saturated rings. The summed E-state index contributed by atoms with van der Waals surface area (Å²) in [6, 6.07) is 11.2. The van der Waals surface area contributed by atoms with Gasteiger partial charge in [0.1, 0.15) is 5.82 Å². The highest BCUT2D eigenvalue weighted by Crippen LogP contribution is 2.23. The molecule has 0 spiro atoms. The zero-order valence-electron chi connectivity index (χ0n) is 13.7. The monoisotopic (exact) mass is 285 g/mol. The zero-order chi connectivity index (χ0) is 15.2. The van der Waals surface area contributed by atoms with Crippen LogP contribution in [0.3, 0.4) is 0 Å². The largest absolute Gasteiger partial charge is 0.370 e. The summed E-state index contributed by atoms with van der Waals surface area (Å²) in [5, 5.41) is 4.63. The van der Waals surface area contributed by atoms with Crippen molar-refractivity contribution in [2.24, 2.45) is 0 Å². The van der Waals surface area contributed by atoms with Crippen LogP contribution in [0.15, 0.2) is 30.3 Å². The molecule has 0 saturated heterocycles. The van der Waals surface area contributed by atoms with E-state index < -0.39 is 0 Å². The van der Waals surface area contributed by atoms with Crippen LogP contribution in [0.2, 0.25) is 0 Å². The number of para-hydroxylation sites is 1. The van der Waals surface area contributed by atoms with Gasteiger partial charge in [-0.15, -0.1) is 0 Å². The first-order chi connectivity index (χ1) is 10.2. The van der Waals surface area contributed by atoms with E-state index in [4.69, 9.17) is 4.98 Å². The molecule has 2 aromatic rings. The predicted octanol–water partition coefficient (Wildman–Crippen LogP) is 4.29. The normalized spacial score (nSPS) is 11.5. The maximum absolute atomic E-state index is 4.79. The molecule has 1 heterocycles. The fourth-order valence-corrected chi connectivity index (χ4v) is 2.91. The van der Waals surface area contributed by atoms with Gasteiger partial charge in [-0.3, -0.25) is 4.90 Å². The quantitative estimate of drug-likeness (QED) is 0.822. The van der Waals surface area contributed by atoms with E-state index in [1.807, 2.05) is 6.07 Å². The van der Waals surface area contributed by atoms with Crippen LogP contribution in [0.1, 0.15) is 39.2 Å². The first kappa shape index (κ1) is 15.8. The molecule has 114 valence electrons. The van der Waals surface area contributed by atoms with Crippen molar-refractivity contribution in [1.29, 1.82) is 0 Å². The second-order valence-electron chi connectivity index (χ2n) is 5.60. The van der Waals surface area contributed by atoms with Crippen LogP contribution in [-0.4, -0.2) is 29.5 Å². The Morgan fingerprint density at radius 2 is 1.86 bits per heavy atom. The van der Waals surface area contributed by atoms with Crippen molar-refractivity contribution >= 4 is 16.7 Å². The lowest BCUT2D eigenvalue weighted by molar-refractivity contribution is 0.222. The summed E-state index contributed by atoms with van der Waals surface area (Å²) in [4.78, 5) is 7.23. The molecule has 0 radical (unpaired) electrons. The van der Waals surface area contributed by atoms with Crippen LogP contribution < -0.4 is 5.32 Å². The Kier molecular flexibility index (Phi) is 5.57. The van der Waals surface area contributed by atoms with E-state index in [9.17, 15) is 0 Å². The minimum absolute atomic E-state index is 0.631. The molecule has 0 unspecified atom stereocenters. The molecule has 0 atom stereocenters. The number of pyridine rings is 1. The van der Waals surface area contributed by atoms with E-state index in [1.165, 1.54) is 23.8 Å². The minimum Gasteiger partial charge on any atom is -0.370 e.